The van der Waals surface area contributed by atoms with Crippen LogP contribution < -0.4 is 0 Å². The van der Waals surface area contributed by atoms with Gasteiger partial charge in [-0.15, -0.1) is 0 Å². The number of allylic oxidation sites excluding steroid dienone is 3. The van der Waals surface area contributed by atoms with Gasteiger partial charge in [0.25, 0.3) is 0 Å². The molecular weight excluding hydrogens is 452 g/mol. The smallest absolute Gasteiger partial charge is 0.331 e. The molecule has 8 heteroatoms. The Bertz CT molecular complexity index is 1050. The van der Waals surface area contributed by atoms with Crippen LogP contribution >= 0.6 is 0 Å². The summed E-state index contributed by atoms with van der Waals surface area (Å²) >= 11 is 0. The van der Waals surface area contributed by atoms with Crippen LogP contribution in [-0.4, -0.2) is 61.6 Å². The molecule has 0 aromatic carbocycles. The van der Waals surface area contributed by atoms with E-state index < -0.39 is 40.4 Å². The van der Waals surface area contributed by atoms with Crippen molar-refractivity contribution in [3.05, 3.63) is 47.6 Å². The average Bonchev–Trinajstić information content (AvgIpc) is 3.58. The minimum absolute atomic E-state index is 0.125. The van der Waals surface area contributed by atoms with Crippen molar-refractivity contribution in [1.82, 2.24) is 0 Å². The Kier molecular flexibility index (Phi) is 6.00. The van der Waals surface area contributed by atoms with Gasteiger partial charge in [0.15, 0.2) is 0 Å². The Labute approximate surface area is 204 Å². The SMILES string of the molecule is CC1=CC(=O)OCC23CCC(C)=CC2OC2CC(OC(=O)C=CC=CC(=O)OCC1)C3(C)C21CO1. The molecular formula is C27H32O8. The van der Waals surface area contributed by atoms with E-state index in [0.717, 1.165) is 18.4 Å². The van der Waals surface area contributed by atoms with Crippen molar-refractivity contribution >= 4 is 17.9 Å². The fourth-order valence-corrected chi connectivity index (χ4v) is 6.46. The molecule has 8 nitrogen and oxygen atoms in total. The number of carbonyl (C=O) groups is 3. The predicted octanol–water partition coefficient (Wildman–Crippen LogP) is 3.12. The minimum atomic E-state index is -0.613. The Morgan fingerprint density at radius 2 is 1.63 bits per heavy atom. The lowest BCUT2D eigenvalue weighted by atomic mass is 9.51. The first-order valence-corrected chi connectivity index (χ1v) is 12.2. The second-order valence-electron chi connectivity index (χ2n) is 10.5. The summed E-state index contributed by atoms with van der Waals surface area (Å²) in [4.78, 5) is 37.4. The maximum Gasteiger partial charge on any atom is 0.331 e. The van der Waals surface area contributed by atoms with Gasteiger partial charge in [-0.3, -0.25) is 0 Å². The third kappa shape index (κ3) is 3.87. The van der Waals surface area contributed by atoms with E-state index in [1.54, 1.807) is 6.92 Å². The molecule has 0 aromatic heterocycles. The number of ether oxygens (including phenoxy) is 5. The van der Waals surface area contributed by atoms with Gasteiger partial charge in [-0.1, -0.05) is 36.3 Å². The molecule has 35 heavy (non-hydrogen) atoms. The number of epoxide rings is 1. The highest BCUT2D eigenvalue weighted by molar-refractivity contribution is 5.85. The van der Waals surface area contributed by atoms with E-state index in [2.05, 4.69) is 19.9 Å². The summed E-state index contributed by atoms with van der Waals surface area (Å²) in [5.41, 5.74) is 0.194. The van der Waals surface area contributed by atoms with E-state index in [-0.39, 0.29) is 25.4 Å². The largest absolute Gasteiger partial charge is 0.462 e. The molecule has 3 aliphatic heterocycles. The van der Waals surface area contributed by atoms with E-state index in [1.165, 1.54) is 36.0 Å². The van der Waals surface area contributed by atoms with Gasteiger partial charge in [-0.05, 0) is 26.7 Å². The molecule has 0 amide bonds. The number of rotatable bonds is 0. The summed E-state index contributed by atoms with van der Waals surface area (Å²) in [6.07, 6.45) is 10.5. The Morgan fingerprint density at radius 1 is 0.886 bits per heavy atom. The number of cyclic esters (lactones) is 2. The molecule has 0 aromatic rings. The summed E-state index contributed by atoms with van der Waals surface area (Å²) in [5.74, 6) is -1.50. The van der Waals surface area contributed by atoms with E-state index in [0.29, 0.717) is 19.4 Å². The molecule has 2 saturated heterocycles. The lowest BCUT2D eigenvalue weighted by Gasteiger charge is -2.58. The van der Waals surface area contributed by atoms with Crippen LogP contribution in [0.3, 0.4) is 0 Å². The van der Waals surface area contributed by atoms with Gasteiger partial charge in [0.1, 0.15) is 18.3 Å². The van der Waals surface area contributed by atoms with Crippen molar-refractivity contribution < 1.29 is 38.1 Å². The lowest BCUT2D eigenvalue weighted by Crippen LogP contribution is -2.66. The van der Waals surface area contributed by atoms with Crippen LogP contribution in [-0.2, 0) is 38.1 Å². The van der Waals surface area contributed by atoms with Crippen molar-refractivity contribution in [3.63, 3.8) is 0 Å². The fourth-order valence-electron chi connectivity index (χ4n) is 6.46. The summed E-state index contributed by atoms with van der Waals surface area (Å²) < 4.78 is 29.7. The van der Waals surface area contributed by atoms with Crippen LogP contribution in [0.1, 0.15) is 46.5 Å². The molecule has 2 aliphatic carbocycles. The second kappa shape index (κ2) is 8.75. The van der Waals surface area contributed by atoms with Crippen LogP contribution in [0.4, 0.5) is 0 Å². The third-order valence-corrected chi connectivity index (χ3v) is 8.63. The van der Waals surface area contributed by atoms with Gasteiger partial charge < -0.3 is 23.7 Å². The first kappa shape index (κ1) is 24.0. The first-order chi connectivity index (χ1) is 16.7. The minimum Gasteiger partial charge on any atom is -0.462 e. The van der Waals surface area contributed by atoms with Crippen molar-refractivity contribution in [2.75, 3.05) is 19.8 Å². The van der Waals surface area contributed by atoms with E-state index in [1.807, 2.05) is 0 Å². The maximum absolute atomic E-state index is 12.8. The van der Waals surface area contributed by atoms with Crippen LogP contribution in [0.5, 0.6) is 0 Å². The Hall–Kier alpha value is -2.71. The molecule has 188 valence electrons. The predicted molar refractivity (Wildman–Crippen MR) is 124 cm³/mol. The fraction of sp³-hybridized carbons (Fsp3) is 0.593. The summed E-state index contributed by atoms with van der Waals surface area (Å²) in [6.45, 7) is 6.77. The van der Waals surface area contributed by atoms with Crippen molar-refractivity contribution in [3.8, 4) is 0 Å². The second-order valence-corrected chi connectivity index (χ2v) is 10.5. The monoisotopic (exact) mass is 484 g/mol. The molecule has 5 aliphatic rings. The standard InChI is InChI=1S/C27H32O8/c1-17-8-10-26-15-32-24(30)13-18(2)9-11-31-22(28)6-4-5-7-23(29)35-19-14-21(34-20(26)12-17)27(16-33-27)25(19,26)3/h4-7,12-13,19-21H,8-11,14-16H2,1-3H3. The molecule has 6 atom stereocenters. The number of carbonyl (C=O) groups excluding carboxylic acids is 3. The lowest BCUT2D eigenvalue weighted by molar-refractivity contribution is -0.232. The quantitative estimate of drug-likeness (QED) is 0.224. The molecule has 2 bridgehead atoms. The normalized spacial score (nSPS) is 41.6. The molecule has 0 N–H and O–H groups in total. The molecule has 1 saturated carbocycles. The van der Waals surface area contributed by atoms with E-state index >= 15 is 0 Å². The summed E-state index contributed by atoms with van der Waals surface area (Å²) in [7, 11) is 0. The molecule has 6 unspecified atom stereocenters. The molecule has 3 heterocycles. The van der Waals surface area contributed by atoms with Gasteiger partial charge in [-0.25, -0.2) is 14.4 Å². The Balaban J connectivity index is 1.53. The van der Waals surface area contributed by atoms with Crippen LogP contribution in [0, 0.1) is 10.8 Å². The molecule has 5 rings (SSSR count). The van der Waals surface area contributed by atoms with Crippen molar-refractivity contribution in [2.45, 2.75) is 70.4 Å². The van der Waals surface area contributed by atoms with Crippen LogP contribution in [0.25, 0.3) is 0 Å². The topological polar surface area (TPSA) is 101 Å². The zero-order chi connectivity index (χ0) is 24.8. The molecule has 2 spiro atoms. The molecule has 0 radical (unpaired) electrons. The van der Waals surface area contributed by atoms with Crippen LogP contribution in [0.2, 0.25) is 0 Å². The summed E-state index contributed by atoms with van der Waals surface area (Å²) in [6, 6.07) is 0. The van der Waals surface area contributed by atoms with Crippen molar-refractivity contribution in [1.29, 1.82) is 0 Å². The Morgan fingerprint density at radius 3 is 2.37 bits per heavy atom. The number of hydrogen-bond acceptors (Lipinski definition) is 8. The van der Waals surface area contributed by atoms with Crippen molar-refractivity contribution in [2.24, 2.45) is 10.8 Å². The van der Waals surface area contributed by atoms with Gasteiger partial charge in [0, 0.05) is 36.5 Å². The van der Waals surface area contributed by atoms with Gasteiger partial charge >= 0.3 is 17.9 Å². The summed E-state index contributed by atoms with van der Waals surface area (Å²) in [5, 5.41) is 0. The highest BCUT2D eigenvalue weighted by atomic mass is 16.6. The highest BCUT2D eigenvalue weighted by Crippen LogP contribution is 2.72. The third-order valence-electron chi connectivity index (χ3n) is 8.63. The average molecular weight is 485 g/mol. The molecule has 3 fully saturated rings. The zero-order valence-corrected chi connectivity index (χ0v) is 20.4. The van der Waals surface area contributed by atoms with Crippen LogP contribution in [0.15, 0.2) is 47.6 Å². The van der Waals surface area contributed by atoms with Gasteiger partial charge in [0.05, 0.1) is 30.8 Å². The van der Waals surface area contributed by atoms with Gasteiger partial charge in [0.2, 0.25) is 0 Å². The first-order valence-electron chi connectivity index (χ1n) is 12.2. The van der Waals surface area contributed by atoms with E-state index in [4.69, 9.17) is 23.7 Å². The number of hydrogen-bond donors (Lipinski definition) is 0. The highest BCUT2D eigenvalue weighted by Gasteiger charge is 2.83. The zero-order valence-electron chi connectivity index (χ0n) is 20.4. The number of esters is 3. The van der Waals surface area contributed by atoms with Gasteiger partial charge in [-0.2, -0.15) is 0 Å². The maximum atomic E-state index is 12.8. The van der Waals surface area contributed by atoms with E-state index in [9.17, 15) is 14.4 Å².